The smallest absolute Gasteiger partial charge is 0.223 e. The van der Waals surface area contributed by atoms with Crippen molar-refractivity contribution in [2.45, 2.75) is 25.7 Å². The van der Waals surface area contributed by atoms with Crippen molar-refractivity contribution in [1.82, 2.24) is 10.3 Å². The third-order valence-electron chi connectivity index (χ3n) is 4.72. The van der Waals surface area contributed by atoms with Gasteiger partial charge < -0.3 is 16.0 Å². The molecule has 5 heteroatoms. The topological polar surface area (TPSA) is 70.9 Å². The fraction of sp³-hybridized carbons (Fsp3) is 0.471. The van der Waals surface area contributed by atoms with E-state index in [0.717, 1.165) is 41.6 Å². The number of hydrogen-bond donors (Lipinski definition) is 3. The molecule has 1 aliphatic carbocycles. The number of nitrogens with one attached hydrogen (secondary N) is 2. The zero-order chi connectivity index (χ0) is 15.5. The van der Waals surface area contributed by atoms with Crippen LogP contribution in [0, 0.1) is 11.8 Å². The fourth-order valence-electron chi connectivity index (χ4n) is 3.47. The van der Waals surface area contributed by atoms with Crippen molar-refractivity contribution in [3.63, 3.8) is 0 Å². The van der Waals surface area contributed by atoms with Crippen LogP contribution >= 0.6 is 11.6 Å². The van der Waals surface area contributed by atoms with Gasteiger partial charge in [-0.1, -0.05) is 18.0 Å². The predicted molar refractivity (Wildman–Crippen MR) is 89.9 cm³/mol. The molecule has 1 saturated carbocycles. The lowest BCUT2D eigenvalue weighted by atomic mass is 9.95. The van der Waals surface area contributed by atoms with Gasteiger partial charge in [-0.05, 0) is 55.5 Å². The van der Waals surface area contributed by atoms with E-state index in [1.807, 2.05) is 24.4 Å². The second-order valence-electron chi connectivity index (χ2n) is 6.08. The number of aromatic amines is 1. The number of aromatic nitrogens is 1. The molecule has 0 spiro atoms. The molecule has 2 aromatic rings. The van der Waals surface area contributed by atoms with Crippen LogP contribution in [-0.4, -0.2) is 24.0 Å². The first-order chi connectivity index (χ1) is 10.7. The summed E-state index contributed by atoms with van der Waals surface area (Å²) in [7, 11) is 0. The van der Waals surface area contributed by atoms with Crippen LogP contribution in [0.2, 0.25) is 5.02 Å². The van der Waals surface area contributed by atoms with Gasteiger partial charge in [-0.2, -0.15) is 0 Å². The summed E-state index contributed by atoms with van der Waals surface area (Å²) in [5, 5.41) is 4.92. The van der Waals surface area contributed by atoms with E-state index < -0.39 is 0 Å². The van der Waals surface area contributed by atoms with E-state index in [1.54, 1.807) is 0 Å². The lowest BCUT2D eigenvalue weighted by Gasteiger charge is -2.17. The SMILES string of the molecule is NC[C@H]1CCC[C@H]1C(=O)NCCc1c[nH]c2ccc(Cl)cc12. The number of nitrogens with two attached hydrogens (primary N) is 1. The molecule has 1 heterocycles. The minimum atomic E-state index is 0.0995. The molecule has 0 unspecified atom stereocenters. The largest absolute Gasteiger partial charge is 0.361 e. The van der Waals surface area contributed by atoms with E-state index in [4.69, 9.17) is 17.3 Å². The van der Waals surface area contributed by atoms with Gasteiger partial charge in [0.05, 0.1) is 0 Å². The highest BCUT2D eigenvalue weighted by Gasteiger charge is 2.31. The Balaban J connectivity index is 1.58. The van der Waals surface area contributed by atoms with Crippen LogP contribution in [0.3, 0.4) is 0 Å². The quantitative estimate of drug-likeness (QED) is 0.793. The van der Waals surface area contributed by atoms with Crippen molar-refractivity contribution < 1.29 is 4.79 Å². The minimum absolute atomic E-state index is 0.0995. The molecule has 0 bridgehead atoms. The molecular weight excluding hydrogens is 298 g/mol. The van der Waals surface area contributed by atoms with Gasteiger partial charge in [-0.15, -0.1) is 0 Å². The molecule has 1 aliphatic rings. The van der Waals surface area contributed by atoms with E-state index in [9.17, 15) is 4.79 Å². The molecule has 4 nitrogen and oxygen atoms in total. The molecule has 0 saturated heterocycles. The van der Waals surface area contributed by atoms with Crippen LogP contribution in [0.1, 0.15) is 24.8 Å². The Morgan fingerprint density at radius 3 is 3.09 bits per heavy atom. The van der Waals surface area contributed by atoms with Gasteiger partial charge in [-0.3, -0.25) is 4.79 Å². The summed E-state index contributed by atoms with van der Waals surface area (Å²) < 4.78 is 0. The van der Waals surface area contributed by atoms with E-state index in [2.05, 4.69) is 10.3 Å². The fourth-order valence-corrected chi connectivity index (χ4v) is 3.65. The predicted octanol–water partition coefficient (Wildman–Crippen LogP) is 2.86. The van der Waals surface area contributed by atoms with Crippen molar-refractivity contribution in [3.05, 3.63) is 35.0 Å². The second-order valence-corrected chi connectivity index (χ2v) is 6.51. The minimum Gasteiger partial charge on any atom is -0.361 e. The van der Waals surface area contributed by atoms with Gasteiger partial charge in [-0.25, -0.2) is 0 Å². The maximum absolute atomic E-state index is 12.3. The molecule has 1 amide bonds. The van der Waals surface area contributed by atoms with Gasteiger partial charge in [0.15, 0.2) is 0 Å². The number of carbonyl (C=O) groups excluding carboxylic acids is 1. The van der Waals surface area contributed by atoms with Crippen molar-refractivity contribution in [3.8, 4) is 0 Å². The van der Waals surface area contributed by atoms with Crippen LogP contribution in [0.4, 0.5) is 0 Å². The average molecular weight is 320 g/mol. The zero-order valence-corrected chi connectivity index (χ0v) is 13.3. The first-order valence-electron chi connectivity index (χ1n) is 7.92. The first-order valence-corrected chi connectivity index (χ1v) is 8.30. The highest BCUT2D eigenvalue weighted by molar-refractivity contribution is 6.31. The Morgan fingerprint density at radius 1 is 1.41 bits per heavy atom. The van der Waals surface area contributed by atoms with Crippen molar-refractivity contribution in [1.29, 1.82) is 0 Å². The molecule has 2 atom stereocenters. The molecule has 4 N–H and O–H groups in total. The van der Waals surface area contributed by atoms with Gasteiger partial charge in [0.2, 0.25) is 5.91 Å². The highest BCUT2D eigenvalue weighted by atomic mass is 35.5. The second kappa shape index (κ2) is 6.71. The average Bonchev–Trinajstić information content (AvgIpc) is 3.13. The molecule has 0 aliphatic heterocycles. The summed E-state index contributed by atoms with van der Waals surface area (Å²) in [4.78, 5) is 15.5. The number of halogens is 1. The summed E-state index contributed by atoms with van der Waals surface area (Å²) in [6.07, 6.45) is 5.95. The number of fused-ring (bicyclic) bond motifs is 1. The molecular formula is C17H22ClN3O. The maximum atomic E-state index is 12.3. The molecule has 0 radical (unpaired) electrons. The Hall–Kier alpha value is -1.52. The molecule has 22 heavy (non-hydrogen) atoms. The lowest BCUT2D eigenvalue weighted by Crippen LogP contribution is -2.36. The summed E-state index contributed by atoms with van der Waals surface area (Å²) in [5.41, 5.74) is 8.00. The number of H-pyrrole nitrogens is 1. The maximum Gasteiger partial charge on any atom is 0.223 e. The molecule has 1 fully saturated rings. The normalized spacial score (nSPS) is 21.4. The van der Waals surface area contributed by atoms with Crippen molar-refractivity contribution in [2.75, 3.05) is 13.1 Å². The Bertz CT molecular complexity index is 667. The number of hydrogen-bond acceptors (Lipinski definition) is 2. The van der Waals surface area contributed by atoms with Crippen LogP contribution in [0.5, 0.6) is 0 Å². The van der Waals surface area contributed by atoms with Crippen molar-refractivity contribution in [2.24, 2.45) is 17.6 Å². The van der Waals surface area contributed by atoms with Crippen LogP contribution in [0.15, 0.2) is 24.4 Å². The van der Waals surface area contributed by atoms with Gasteiger partial charge in [0, 0.05) is 34.6 Å². The third kappa shape index (κ3) is 3.13. The number of carbonyl (C=O) groups is 1. The zero-order valence-electron chi connectivity index (χ0n) is 12.6. The standard InChI is InChI=1S/C17H22ClN3O/c18-13-4-5-16-15(8-13)12(10-21-16)6-7-20-17(22)14-3-1-2-11(14)9-19/h4-5,8,10-11,14,21H,1-3,6-7,9,19H2,(H,20,22)/t11-,14-/m1/s1. The van der Waals surface area contributed by atoms with Gasteiger partial charge in [0.25, 0.3) is 0 Å². The molecule has 1 aromatic heterocycles. The number of amides is 1. The Kier molecular flexibility index (Phi) is 4.69. The Labute approximate surface area is 135 Å². The molecule has 118 valence electrons. The first kappa shape index (κ1) is 15.4. The van der Waals surface area contributed by atoms with Crippen LogP contribution < -0.4 is 11.1 Å². The summed E-state index contributed by atoms with van der Waals surface area (Å²) in [6.45, 7) is 1.26. The summed E-state index contributed by atoms with van der Waals surface area (Å²) in [5.74, 6) is 0.611. The van der Waals surface area contributed by atoms with E-state index in [1.165, 1.54) is 5.56 Å². The van der Waals surface area contributed by atoms with Gasteiger partial charge in [0.1, 0.15) is 0 Å². The molecule has 1 aromatic carbocycles. The van der Waals surface area contributed by atoms with E-state index >= 15 is 0 Å². The molecule has 3 rings (SSSR count). The number of rotatable bonds is 5. The highest BCUT2D eigenvalue weighted by Crippen LogP contribution is 2.31. The third-order valence-corrected chi connectivity index (χ3v) is 4.96. The van der Waals surface area contributed by atoms with Crippen molar-refractivity contribution >= 4 is 28.4 Å². The Morgan fingerprint density at radius 2 is 2.27 bits per heavy atom. The summed E-state index contributed by atoms with van der Waals surface area (Å²) in [6, 6.07) is 5.81. The van der Waals surface area contributed by atoms with Crippen LogP contribution in [0.25, 0.3) is 10.9 Å². The van der Waals surface area contributed by atoms with Crippen LogP contribution in [-0.2, 0) is 11.2 Å². The van der Waals surface area contributed by atoms with E-state index in [0.29, 0.717) is 19.0 Å². The monoisotopic (exact) mass is 319 g/mol. The van der Waals surface area contributed by atoms with Gasteiger partial charge >= 0.3 is 0 Å². The number of benzene rings is 1. The summed E-state index contributed by atoms with van der Waals surface area (Å²) >= 11 is 6.05. The van der Waals surface area contributed by atoms with E-state index in [-0.39, 0.29) is 11.8 Å². The lowest BCUT2D eigenvalue weighted by molar-refractivity contribution is -0.125.